The molecule has 0 radical (unpaired) electrons. The molecule has 0 saturated carbocycles. The van der Waals surface area contributed by atoms with Crippen molar-refractivity contribution in [3.8, 4) is 0 Å². The minimum absolute atomic E-state index is 0. The Bertz CT molecular complexity index is 595. The SMILES string of the molecule is CCCCCCCCCCCCCCCCCCOC(=O)/C=C/C(=O)OCCCCCCCCCCCCCCCCCC.CCO.[H-].[Na+]. The van der Waals surface area contributed by atoms with Crippen molar-refractivity contribution in [2.75, 3.05) is 19.8 Å². The molecule has 0 aromatic heterocycles. The maximum Gasteiger partial charge on any atom is 1.00 e. The van der Waals surface area contributed by atoms with Crippen molar-refractivity contribution in [1.82, 2.24) is 0 Å². The van der Waals surface area contributed by atoms with E-state index in [0.717, 1.165) is 25.7 Å². The molecule has 0 aliphatic carbocycles. The van der Waals surface area contributed by atoms with E-state index in [1.54, 1.807) is 6.92 Å². The van der Waals surface area contributed by atoms with Crippen LogP contribution in [0.1, 0.15) is 228 Å². The number of ether oxygens (including phenoxy) is 2. The van der Waals surface area contributed by atoms with Gasteiger partial charge in [-0.1, -0.05) is 206 Å². The topological polar surface area (TPSA) is 72.8 Å². The summed E-state index contributed by atoms with van der Waals surface area (Å²) in [5.74, 6) is -0.907. The van der Waals surface area contributed by atoms with Crippen molar-refractivity contribution in [3.05, 3.63) is 12.2 Å². The van der Waals surface area contributed by atoms with Gasteiger partial charge in [0.25, 0.3) is 0 Å². The first-order valence-electron chi connectivity index (χ1n) is 20.7. The van der Waals surface area contributed by atoms with Crippen LogP contribution in [0.3, 0.4) is 0 Å². The van der Waals surface area contributed by atoms with Gasteiger partial charge in [0.15, 0.2) is 0 Å². The van der Waals surface area contributed by atoms with E-state index in [0.29, 0.717) is 13.2 Å². The van der Waals surface area contributed by atoms with E-state index in [2.05, 4.69) is 13.8 Å². The summed E-state index contributed by atoms with van der Waals surface area (Å²) in [6.45, 7) is 7.34. The van der Waals surface area contributed by atoms with Gasteiger partial charge in [0.2, 0.25) is 0 Å². The zero-order chi connectivity index (χ0) is 34.7. The number of carbonyl (C=O) groups excluding carboxylic acids is 2. The molecule has 0 atom stereocenters. The van der Waals surface area contributed by atoms with E-state index >= 15 is 0 Å². The zero-order valence-electron chi connectivity index (χ0n) is 34.0. The van der Waals surface area contributed by atoms with Crippen LogP contribution in [0.2, 0.25) is 0 Å². The van der Waals surface area contributed by atoms with E-state index in [-0.39, 0.29) is 37.6 Å². The molecule has 0 aromatic carbocycles. The first-order valence-corrected chi connectivity index (χ1v) is 20.7. The quantitative estimate of drug-likeness (QED) is 0.0307. The Morgan fingerprint density at radius 2 is 0.562 bits per heavy atom. The number of hydrogen-bond acceptors (Lipinski definition) is 5. The fourth-order valence-electron chi connectivity index (χ4n) is 5.88. The molecule has 0 amide bonds. The van der Waals surface area contributed by atoms with Crippen LogP contribution >= 0.6 is 0 Å². The van der Waals surface area contributed by atoms with E-state index in [1.165, 1.54) is 192 Å². The Morgan fingerprint density at radius 3 is 0.750 bits per heavy atom. The third-order valence-corrected chi connectivity index (χ3v) is 8.84. The van der Waals surface area contributed by atoms with Crippen molar-refractivity contribution in [2.24, 2.45) is 0 Å². The minimum atomic E-state index is -0.453. The minimum Gasteiger partial charge on any atom is -1.00 e. The fourth-order valence-corrected chi connectivity index (χ4v) is 5.88. The predicted octanol–water partition coefficient (Wildman–Crippen LogP) is 10.3. The fraction of sp³-hybridized carbons (Fsp3) is 0.905. The first kappa shape index (κ1) is 52.0. The standard InChI is InChI=1S/C40H76O4.C2H6O.Na.H/c1-3-5-7-9-11-13-15-17-19-21-23-25-27-29-31-33-37-43-39(41)35-36-40(42)44-38-34-32-30-28-26-24-22-20-18-16-14-12-10-8-6-4-2;1-2-3;;/h35-36H,3-34,37-38H2,1-2H3;3H,2H2,1H3;;/q;;+1;-1/b36-35+;;;. The third kappa shape index (κ3) is 50.0. The molecule has 0 aliphatic heterocycles. The molecule has 282 valence electrons. The van der Waals surface area contributed by atoms with Gasteiger partial charge < -0.3 is 16.0 Å². The maximum absolute atomic E-state index is 11.8. The van der Waals surface area contributed by atoms with Crippen LogP contribution in [0.5, 0.6) is 0 Å². The number of carbonyl (C=O) groups is 2. The molecule has 0 heterocycles. The van der Waals surface area contributed by atoms with Crippen LogP contribution in [0.15, 0.2) is 12.2 Å². The molecular weight excluding hydrogens is 607 g/mol. The molecule has 0 rings (SSSR count). The first-order chi connectivity index (χ1) is 23.1. The van der Waals surface area contributed by atoms with Crippen molar-refractivity contribution in [3.63, 3.8) is 0 Å². The summed E-state index contributed by atoms with van der Waals surface area (Å²) in [4.78, 5) is 23.6. The van der Waals surface area contributed by atoms with Crippen LogP contribution in [0, 0.1) is 0 Å². The molecule has 48 heavy (non-hydrogen) atoms. The third-order valence-electron chi connectivity index (χ3n) is 8.84. The normalized spacial score (nSPS) is 10.8. The second kappa shape index (κ2) is 48.8. The summed E-state index contributed by atoms with van der Waals surface area (Å²) in [7, 11) is 0. The number of aliphatic hydroxyl groups excluding tert-OH is 1. The molecule has 1 N–H and O–H groups in total. The number of hydrogen-bond donors (Lipinski definition) is 1. The smallest absolute Gasteiger partial charge is 1.00 e. The summed E-state index contributed by atoms with van der Waals surface area (Å²) in [5, 5.41) is 7.57. The van der Waals surface area contributed by atoms with Crippen LogP contribution in [0.4, 0.5) is 0 Å². The summed E-state index contributed by atoms with van der Waals surface area (Å²) < 4.78 is 10.4. The summed E-state index contributed by atoms with van der Waals surface area (Å²) in [5.41, 5.74) is 0. The number of unbranched alkanes of at least 4 members (excludes halogenated alkanes) is 30. The van der Waals surface area contributed by atoms with Gasteiger partial charge in [-0.3, -0.25) is 0 Å². The molecular formula is C42H83NaO5. The van der Waals surface area contributed by atoms with Gasteiger partial charge in [0.1, 0.15) is 0 Å². The van der Waals surface area contributed by atoms with Gasteiger partial charge in [-0.2, -0.15) is 0 Å². The zero-order valence-corrected chi connectivity index (χ0v) is 35.0. The molecule has 5 nitrogen and oxygen atoms in total. The van der Waals surface area contributed by atoms with Crippen molar-refractivity contribution < 1.29 is 55.2 Å². The molecule has 0 aromatic rings. The molecule has 0 bridgehead atoms. The van der Waals surface area contributed by atoms with Crippen molar-refractivity contribution in [1.29, 1.82) is 0 Å². The van der Waals surface area contributed by atoms with E-state index in [9.17, 15) is 9.59 Å². The van der Waals surface area contributed by atoms with Gasteiger partial charge in [0, 0.05) is 18.8 Å². The van der Waals surface area contributed by atoms with Gasteiger partial charge in [0.05, 0.1) is 13.2 Å². The molecule has 0 spiro atoms. The Balaban J connectivity index is -0.00000194. The summed E-state index contributed by atoms with van der Waals surface area (Å²) in [6.07, 6.45) is 44.7. The maximum atomic E-state index is 11.8. The van der Waals surface area contributed by atoms with Crippen molar-refractivity contribution in [2.45, 2.75) is 226 Å². The molecule has 0 unspecified atom stereocenters. The van der Waals surface area contributed by atoms with Crippen molar-refractivity contribution >= 4 is 11.9 Å². The Kier molecular flexibility index (Phi) is 52.8. The monoisotopic (exact) mass is 691 g/mol. The van der Waals surface area contributed by atoms with Gasteiger partial charge >= 0.3 is 41.5 Å². The van der Waals surface area contributed by atoms with Gasteiger partial charge in [-0.15, -0.1) is 0 Å². The number of aliphatic hydroxyl groups is 1. The van der Waals surface area contributed by atoms with Crippen LogP contribution < -0.4 is 29.6 Å². The number of rotatable bonds is 36. The summed E-state index contributed by atoms with van der Waals surface area (Å²) in [6, 6.07) is 0. The predicted molar refractivity (Wildman–Crippen MR) is 204 cm³/mol. The van der Waals surface area contributed by atoms with Crippen LogP contribution in [-0.4, -0.2) is 36.9 Å². The second-order valence-electron chi connectivity index (χ2n) is 13.6. The van der Waals surface area contributed by atoms with Crippen LogP contribution in [-0.2, 0) is 19.1 Å². The molecule has 0 saturated heterocycles. The average Bonchev–Trinajstić information content (AvgIpc) is 3.07. The van der Waals surface area contributed by atoms with E-state index < -0.39 is 11.9 Å². The molecule has 0 fully saturated rings. The van der Waals surface area contributed by atoms with Crippen LogP contribution in [0.25, 0.3) is 0 Å². The second-order valence-corrected chi connectivity index (χ2v) is 13.6. The Hall–Kier alpha value is -0.360. The molecule has 6 heteroatoms. The average molecular weight is 691 g/mol. The summed E-state index contributed by atoms with van der Waals surface area (Å²) >= 11 is 0. The van der Waals surface area contributed by atoms with Gasteiger partial charge in [-0.25, -0.2) is 9.59 Å². The largest absolute Gasteiger partial charge is 1.00 e. The van der Waals surface area contributed by atoms with E-state index in [4.69, 9.17) is 14.6 Å². The molecule has 0 aliphatic rings. The van der Waals surface area contributed by atoms with Gasteiger partial charge in [-0.05, 0) is 19.8 Å². The van der Waals surface area contributed by atoms with E-state index in [1.807, 2.05) is 0 Å². The number of esters is 2. The Morgan fingerprint density at radius 1 is 0.396 bits per heavy atom. The Labute approximate surface area is 323 Å².